The van der Waals surface area contributed by atoms with Crippen LogP contribution in [-0.4, -0.2) is 44.6 Å². The molecule has 0 saturated heterocycles. The van der Waals surface area contributed by atoms with Gasteiger partial charge in [0.05, 0.1) is 0 Å². The predicted molar refractivity (Wildman–Crippen MR) is 80.3 cm³/mol. The molecule has 1 amide bonds. The summed E-state index contributed by atoms with van der Waals surface area (Å²) in [7, 11) is 3.94. The van der Waals surface area contributed by atoms with Crippen LogP contribution in [0, 0.1) is 0 Å². The van der Waals surface area contributed by atoms with Crippen molar-refractivity contribution in [3.8, 4) is 5.75 Å². The van der Waals surface area contributed by atoms with Gasteiger partial charge in [0.25, 0.3) is 5.91 Å². The smallest absolute Gasteiger partial charge is 0.251 e. The maximum Gasteiger partial charge on any atom is 0.251 e. The van der Waals surface area contributed by atoms with Gasteiger partial charge in [0.15, 0.2) is 0 Å². The lowest BCUT2D eigenvalue weighted by Crippen LogP contribution is -2.31. The van der Waals surface area contributed by atoms with E-state index in [-0.39, 0.29) is 18.3 Å². The number of ether oxygens (including phenoxy) is 1. The maximum atomic E-state index is 11.8. The summed E-state index contributed by atoms with van der Waals surface area (Å²) in [4.78, 5) is 13.9. The molecule has 0 heterocycles. The number of carbonyl (C=O) groups excluding carboxylic acids is 1. The second-order valence-electron chi connectivity index (χ2n) is 4.19. The Labute approximate surface area is 120 Å². The molecule has 0 aliphatic heterocycles. The zero-order chi connectivity index (χ0) is 13.4. The number of benzene rings is 1. The minimum Gasteiger partial charge on any atom is -0.490 e. The van der Waals surface area contributed by atoms with Gasteiger partial charge in [-0.25, -0.2) is 0 Å². The highest BCUT2D eigenvalue weighted by atomic mass is 35.5. The molecule has 19 heavy (non-hydrogen) atoms. The number of carbonyl (C=O) groups is 1. The van der Waals surface area contributed by atoms with Crippen LogP contribution in [0.15, 0.2) is 36.9 Å². The molecule has 0 saturated carbocycles. The van der Waals surface area contributed by atoms with Crippen LogP contribution in [0.1, 0.15) is 10.4 Å². The largest absolute Gasteiger partial charge is 0.490 e. The van der Waals surface area contributed by atoms with E-state index in [0.717, 1.165) is 6.54 Å². The number of amides is 1. The molecule has 0 bridgehead atoms. The van der Waals surface area contributed by atoms with Crippen LogP contribution in [0.2, 0.25) is 0 Å². The number of nitrogens with one attached hydrogen (secondary N) is 1. The quantitative estimate of drug-likeness (QED) is 0.779. The summed E-state index contributed by atoms with van der Waals surface area (Å²) in [6, 6.07) is 7.12. The first-order chi connectivity index (χ1) is 8.63. The van der Waals surface area contributed by atoms with Crippen LogP contribution in [0.3, 0.4) is 0 Å². The van der Waals surface area contributed by atoms with Crippen molar-refractivity contribution in [2.45, 2.75) is 0 Å². The van der Waals surface area contributed by atoms with Crippen molar-refractivity contribution in [1.29, 1.82) is 0 Å². The summed E-state index contributed by atoms with van der Waals surface area (Å²) in [5.41, 5.74) is 0.607. The van der Waals surface area contributed by atoms with Gasteiger partial charge in [-0.3, -0.25) is 4.79 Å². The summed E-state index contributed by atoms with van der Waals surface area (Å²) < 4.78 is 5.38. The van der Waals surface area contributed by atoms with Gasteiger partial charge in [-0.1, -0.05) is 18.7 Å². The molecule has 1 rings (SSSR count). The summed E-state index contributed by atoms with van der Waals surface area (Å²) in [5.74, 6) is 0.594. The Morgan fingerprint density at radius 3 is 2.84 bits per heavy atom. The fourth-order valence-electron chi connectivity index (χ4n) is 1.38. The molecule has 106 valence electrons. The zero-order valence-corrected chi connectivity index (χ0v) is 12.2. The Morgan fingerprint density at radius 1 is 1.47 bits per heavy atom. The van der Waals surface area contributed by atoms with Gasteiger partial charge in [0.2, 0.25) is 0 Å². The predicted octanol–water partition coefficient (Wildman–Crippen LogP) is 1.96. The van der Waals surface area contributed by atoms with Crippen molar-refractivity contribution >= 4 is 18.3 Å². The first kappa shape index (κ1) is 17.5. The van der Waals surface area contributed by atoms with Crippen molar-refractivity contribution in [2.24, 2.45) is 0 Å². The minimum atomic E-state index is -0.0825. The van der Waals surface area contributed by atoms with E-state index < -0.39 is 0 Å². The van der Waals surface area contributed by atoms with Crippen LogP contribution < -0.4 is 10.1 Å². The van der Waals surface area contributed by atoms with Gasteiger partial charge in [0.1, 0.15) is 12.4 Å². The molecule has 1 aromatic carbocycles. The average Bonchev–Trinajstić information content (AvgIpc) is 2.36. The SMILES string of the molecule is C=CCOc1cccc(C(=O)NCCN(C)C)c1.Cl. The van der Waals surface area contributed by atoms with Gasteiger partial charge in [-0.2, -0.15) is 0 Å². The summed E-state index contributed by atoms with van der Waals surface area (Å²) in [5, 5.41) is 2.86. The number of nitrogens with zero attached hydrogens (tertiary/aromatic N) is 1. The molecular weight excluding hydrogens is 264 g/mol. The fraction of sp³-hybridized carbons (Fsp3) is 0.357. The Morgan fingerprint density at radius 2 is 2.21 bits per heavy atom. The van der Waals surface area contributed by atoms with E-state index in [0.29, 0.717) is 24.5 Å². The number of hydrogen-bond donors (Lipinski definition) is 1. The normalized spacial score (nSPS) is 9.63. The van der Waals surface area contributed by atoms with Gasteiger partial charge in [-0.15, -0.1) is 12.4 Å². The Balaban J connectivity index is 0.00000324. The zero-order valence-electron chi connectivity index (χ0n) is 11.4. The molecule has 1 aromatic rings. The number of rotatable bonds is 7. The molecule has 0 fully saturated rings. The highest BCUT2D eigenvalue weighted by Crippen LogP contribution is 2.13. The lowest BCUT2D eigenvalue weighted by molar-refractivity contribution is 0.0950. The molecule has 0 spiro atoms. The van der Waals surface area contributed by atoms with E-state index in [9.17, 15) is 4.79 Å². The number of halogens is 1. The topological polar surface area (TPSA) is 41.6 Å². The number of likely N-dealkylation sites (N-methyl/N-ethyl adjacent to an activating group) is 1. The second-order valence-corrected chi connectivity index (χ2v) is 4.19. The van der Waals surface area contributed by atoms with Crippen LogP contribution in [0.5, 0.6) is 5.75 Å². The molecule has 0 aliphatic rings. The van der Waals surface area contributed by atoms with Crippen molar-refractivity contribution in [3.63, 3.8) is 0 Å². The Kier molecular flexibility index (Phi) is 8.66. The second kappa shape index (κ2) is 9.42. The van der Waals surface area contributed by atoms with Gasteiger partial charge in [-0.05, 0) is 32.3 Å². The van der Waals surface area contributed by atoms with E-state index in [1.54, 1.807) is 24.3 Å². The van der Waals surface area contributed by atoms with E-state index in [4.69, 9.17) is 4.74 Å². The van der Waals surface area contributed by atoms with Gasteiger partial charge >= 0.3 is 0 Å². The Bertz CT molecular complexity index is 408. The van der Waals surface area contributed by atoms with Crippen molar-refractivity contribution in [2.75, 3.05) is 33.8 Å². The summed E-state index contributed by atoms with van der Waals surface area (Å²) in [6.45, 7) is 5.46. The van der Waals surface area contributed by atoms with Crippen LogP contribution >= 0.6 is 12.4 Å². The highest BCUT2D eigenvalue weighted by molar-refractivity contribution is 5.94. The highest BCUT2D eigenvalue weighted by Gasteiger charge is 2.05. The average molecular weight is 285 g/mol. The molecular formula is C14H21ClN2O2. The first-order valence-electron chi connectivity index (χ1n) is 5.90. The molecule has 1 N–H and O–H groups in total. The van der Waals surface area contributed by atoms with Crippen molar-refractivity contribution in [1.82, 2.24) is 10.2 Å². The first-order valence-corrected chi connectivity index (χ1v) is 5.90. The number of hydrogen-bond acceptors (Lipinski definition) is 3. The fourth-order valence-corrected chi connectivity index (χ4v) is 1.38. The van der Waals surface area contributed by atoms with E-state index in [1.165, 1.54) is 0 Å². The maximum absolute atomic E-state index is 11.8. The third kappa shape index (κ3) is 6.84. The lowest BCUT2D eigenvalue weighted by atomic mass is 10.2. The van der Waals surface area contributed by atoms with Crippen molar-refractivity contribution in [3.05, 3.63) is 42.5 Å². The van der Waals surface area contributed by atoms with Crippen molar-refractivity contribution < 1.29 is 9.53 Å². The minimum absolute atomic E-state index is 0. The molecule has 0 radical (unpaired) electrons. The molecule has 5 heteroatoms. The van der Waals surface area contributed by atoms with Crippen LogP contribution in [-0.2, 0) is 0 Å². The van der Waals surface area contributed by atoms with Crippen LogP contribution in [0.25, 0.3) is 0 Å². The summed E-state index contributed by atoms with van der Waals surface area (Å²) in [6.07, 6.45) is 1.67. The molecule has 0 atom stereocenters. The monoisotopic (exact) mass is 284 g/mol. The van der Waals surface area contributed by atoms with E-state index >= 15 is 0 Å². The standard InChI is InChI=1S/C14H20N2O2.ClH/c1-4-10-18-13-7-5-6-12(11-13)14(17)15-8-9-16(2)3;/h4-7,11H,1,8-10H2,2-3H3,(H,15,17);1H. The molecule has 0 aliphatic carbocycles. The molecule has 0 unspecified atom stereocenters. The third-order valence-electron chi connectivity index (χ3n) is 2.31. The van der Waals surface area contributed by atoms with Gasteiger partial charge in [0, 0.05) is 18.7 Å². The Hall–Kier alpha value is -1.52. The van der Waals surface area contributed by atoms with E-state index in [2.05, 4.69) is 11.9 Å². The van der Waals surface area contributed by atoms with E-state index in [1.807, 2.05) is 25.1 Å². The molecule has 0 aromatic heterocycles. The van der Waals surface area contributed by atoms with Crippen LogP contribution in [0.4, 0.5) is 0 Å². The van der Waals surface area contributed by atoms with Gasteiger partial charge < -0.3 is 15.0 Å². The third-order valence-corrected chi connectivity index (χ3v) is 2.31. The summed E-state index contributed by atoms with van der Waals surface area (Å²) >= 11 is 0. The molecule has 4 nitrogen and oxygen atoms in total. The lowest BCUT2D eigenvalue weighted by Gasteiger charge is -2.11.